The van der Waals surface area contributed by atoms with E-state index in [4.69, 9.17) is 30.8 Å². The molecule has 0 fully saturated rings. The van der Waals surface area contributed by atoms with E-state index >= 15 is 0 Å². The Morgan fingerprint density at radius 2 is 2.15 bits per heavy atom. The smallest absolute Gasteiger partial charge is 0.379 e. The lowest BCUT2D eigenvalue weighted by atomic mass is 10.2. The molecule has 8 nitrogen and oxygen atoms in total. The van der Waals surface area contributed by atoms with E-state index in [1.54, 1.807) is 37.6 Å². The van der Waals surface area contributed by atoms with Crippen LogP contribution in [0.25, 0.3) is 0 Å². The summed E-state index contributed by atoms with van der Waals surface area (Å²) in [7, 11) is 3.10. The van der Waals surface area contributed by atoms with Crippen LogP contribution in [0.4, 0.5) is 0 Å². The molecule has 0 saturated heterocycles. The van der Waals surface area contributed by atoms with E-state index in [2.05, 4.69) is 15.8 Å². The Balaban J connectivity index is 1.96. The molecular formula is C18H21N3O5S. The Hall–Kier alpha value is -2.91. The van der Waals surface area contributed by atoms with Gasteiger partial charge in [0.25, 0.3) is 0 Å². The third-order valence-corrected chi connectivity index (χ3v) is 3.50. The number of furan rings is 1. The number of ether oxygens (including phenoxy) is 3. The molecular weight excluding hydrogens is 370 g/mol. The molecule has 0 spiro atoms. The molecule has 27 heavy (non-hydrogen) atoms. The van der Waals surface area contributed by atoms with Crippen molar-refractivity contribution in [2.45, 2.75) is 13.0 Å². The highest BCUT2D eigenvalue weighted by atomic mass is 32.1. The van der Waals surface area contributed by atoms with Crippen LogP contribution >= 0.6 is 12.2 Å². The van der Waals surface area contributed by atoms with Crippen molar-refractivity contribution in [3.63, 3.8) is 0 Å². The summed E-state index contributed by atoms with van der Waals surface area (Å²) in [6.07, 6.45) is 2.96. The summed E-state index contributed by atoms with van der Waals surface area (Å²) in [6, 6.07) is 8.20. The summed E-state index contributed by atoms with van der Waals surface area (Å²) in [4.78, 5) is 12.0. The zero-order chi connectivity index (χ0) is 19.6. The van der Waals surface area contributed by atoms with E-state index in [0.717, 1.165) is 5.56 Å². The second-order valence-corrected chi connectivity index (χ2v) is 5.89. The number of thiocarbonyl (C=S) groups is 1. The molecule has 0 radical (unpaired) electrons. The number of carbonyl (C=O) groups excluding carboxylic acids is 1. The minimum absolute atomic E-state index is 0.0634. The first-order valence-corrected chi connectivity index (χ1v) is 8.46. The minimum atomic E-state index is -0.608. The third kappa shape index (κ3) is 6.39. The van der Waals surface area contributed by atoms with E-state index in [9.17, 15) is 4.79 Å². The van der Waals surface area contributed by atoms with E-state index in [-0.39, 0.29) is 17.6 Å². The predicted octanol–water partition coefficient (Wildman–Crippen LogP) is 2.34. The van der Waals surface area contributed by atoms with Crippen molar-refractivity contribution in [1.82, 2.24) is 10.7 Å². The molecule has 0 saturated carbocycles. The predicted molar refractivity (Wildman–Crippen MR) is 104 cm³/mol. The summed E-state index contributed by atoms with van der Waals surface area (Å²) >= 11 is 5.13. The summed E-state index contributed by atoms with van der Waals surface area (Å²) in [5.41, 5.74) is 3.45. The largest absolute Gasteiger partial charge is 0.493 e. The Kier molecular flexibility index (Phi) is 7.78. The number of rotatable bonds is 8. The van der Waals surface area contributed by atoms with Gasteiger partial charge in [0.1, 0.15) is 0 Å². The first-order valence-electron chi connectivity index (χ1n) is 8.05. The van der Waals surface area contributed by atoms with Crippen molar-refractivity contribution in [2.75, 3.05) is 20.8 Å². The van der Waals surface area contributed by atoms with Gasteiger partial charge in [-0.2, -0.15) is 5.10 Å². The second kappa shape index (κ2) is 10.3. The zero-order valence-electron chi connectivity index (χ0n) is 15.2. The monoisotopic (exact) mass is 391 g/mol. The molecule has 0 unspecified atom stereocenters. The molecule has 0 aliphatic heterocycles. The highest BCUT2D eigenvalue weighted by molar-refractivity contribution is 7.80. The van der Waals surface area contributed by atoms with Crippen molar-refractivity contribution in [3.8, 4) is 11.5 Å². The van der Waals surface area contributed by atoms with Gasteiger partial charge < -0.3 is 23.9 Å². The van der Waals surface area contributed by atoms with Crippen LogP contribution in [0.2, 0.25) is 0 Å². The number of hydrogen-bond acceptors (Lipinski definition) is 7. The highest BCUT2D eigenvalue weighted by Gasteiger charge is 2.14. The van der Waals surface area contributed by atoms with Crippen LogP contribution in [0.3, 0.4) is 0 Å². The van der Waals surface area contributed by atoms with Gasteiger partial charge in [-0.05, 0) is 55.0 Å². The fourth-order valence-corrected chi connectivity index (χ4v) is 2.36. The molecule has 144 valence electrons. The molecule has 1 atom stereocenters. The lowest BCUT2D eigenvalue weighted by Crippen LogP contribution is -2.40. The van der Waals surface area contributed by atoms with E-state index < -0.39 is 5.97 Å². The first kappa shape index (κ1) is 20.4. The third-order valence-electron chi connectivity index (χ3n) is 3.29. The van der Waals surface area contributed by atoms with Gasteiger partial charge in [-0.15, -0.1) is 0 Å². The molecule has 9 heteroatoms. The second-order valence-electron chi connectivity index (χ2n) is 5.48. The number of methoxy groups -OCH3 is 2. The number of hydrazone groups is 1. The molecule has 0 bridgehead atoms. The van der Waals surface area contributed by atoms with Crippen molar-refractivity contribution < 1.29 is 23.4 Å². The maximum atomic E-state index is 12.0. The summed E-state index contributed by atoms with van der Waals surface area (Å²) in [5.74, 6) is 0.154. The van der Waals surface area contributed by atoms with E-state index in [1.165, 1.54) is 19.4 Å². The molecule has 1 aromatic heterocycles. The molecule has 2 aromatic rings. The van der Waals surface area contributed by atoms with Gasteiger partial charge in [0.2, 0.25) is 5.76 Å². The van der Waals surface area contributed by atoms with Gasteiger partial charge in [-0.1, -0.05) is 0 Å². The Bertz CT molecular complexity index is 792. The van der Waals surface area contributed by atoms with Crippen LogP contribution in [-0.2, 0) is 4.74 Å². The lowest BCUT2D eigenvalue weighted by Gasteiger charge is -2.13. The summed E-state index contributed by atoms with van der Waals surface area (Å²) < 4.78 is 20.6. The van der Waals surface area contributed by atoms with Crippen molar-refractivity contribution in [2.24, 2.45) is 5.10 Å². The molecule has 1 aromatic carbocycles. The summed E-state index contributed by atoms with van der Waals surface area (Å²) in [5, 5.41) is 7.47. The van der Waals surface area contributed by atoms with Gasteiger partial charge >= 0.3 is 5.97 Å². The zero-order valence-corrected chi connectivity index (χ0v) is 16.0. The number of carbonyl (C=O) groups is 1. The number of esters is 1. The molecule has 0 aliphatic carbocycles. The molecule has 1 heterocycles. The molecule has 2 N–H and O–H groups in total. The van der Waals surface area contributed by atoms with Crippen LogP contribution in [0.1, 0.15) is 23.0 Å². The van der Waals surface area contributed by atoms with Crippen LogP contribution in [0.15, 0.2) is 46.1 Å². The molecule has 0 amide bonds. The Labute approximate surface area is 162 Å². The van der Waals surface area contributed by atoms with Gasteiger partial charge in [-0.3, -0.25) is 5.43 Å². The maximum absolute atomic E-state index is 12.0. The van der Waals surface area contributed by atoms with Crippen LogP contribution in [-0.4, -0.2) is 44.2 Å². The number of nitrogens with one attached hydrogen (secondary N) is 2. The van der Waals surface area contributed by atoms with Crippen molar-refractivity contribution in [3.05, 3.63) is 47.9 Å². The molecule has 2 rings (SSSR count). The van der Waals surface area contributed by atoms with Crippen LogP contribution in [0.5, 0.6) is 11.5 Å². The number of benzene rings is 1. The number of nitrogens with zero attached hydrogens (tertiary/aromatic N) is 1. The van der Waals surface area contributed by atoms with Crippen LogP contribution < -0.4 is 20.2 Å². The van der Waals surface area contributed by atoms with Crippen molar-refractivity contribution >= 4 is 29.5 Å². The topological polar surface area (TPSA) is 94.3 Å². The minimum Gasteiger partial charge on any atom is -0.493 e. The number of hydrogen-bond donors (Lipinski definition) is 2. The van der Waals surface area contributed by atoms with E-state index in [0.29, 0.717) is 17.5 Å². The SMILES string of the molecule is COC[C@H](C)NC(=S)N/N=C\c1ccc(OC(=O)c2ccco2)c(OC)c1. The van der Waals surface area contributed by atoms with Gasteiger partial charge in [0.15, 0.2) is 16.6 Å². The highest BCUT2D eigenvalue weighted by Crippen LogP contribution is 2.28. The Morgan fingerprint density at radius 3 is 2.81 bits per heavy atom. The first-order chi connectivity index (χ1) is 13.0. The fourth-order valence-electron chi connectivity index (χ4n) is 2.11. The van der Waals surface area contributed by atoms with Gasteiger partial charge in [0.05, 0.1) is 26.2 Å². The lowest BCUT2D eigenvalue weighted by molar-refractivity contribution is 0.0696. The van der Waals surface area contributed by atoms with Gasteiger partial charge in [0, 0.05) is 13.2 Å². The van der Waals surface area contributed by atoms with Gasteiger partial charge in [-0.25, -0.2) is 4.79 Å². The standard InChI is InChI=1S/C18H21N3O5S/c1-12(11-23-2)20-18(27)21-19-10-13-6-7-14(16(9-13)24-3)26-17(22)15-5-4-8-25-15/h4-10,12H,11H2,1-3H3,(H2,20,21,27)/b19-10-/t12-/m0/s1. The fraction of sp³-hybridized carbons (Fsp3) is 0.278. The van der Waals surface area contributed by atoms with E-state index in [1.807, 2.05) is 6.92 Å². The Morgan fingerprint density at radius 1 is 1.33 bits per heavy atom. The van der Waals surface area contributed by atoms with Crippen molar-refractivity contribution in [1.29, 1.82) is 0 Å². The summed E-state index contributed by atoms with van der Waals surface area (Å²) in [6.45, 7) is 2.47. The quantitative estimate of drug-likeness (QED) is 0.233. The average Bonchev–Trinajstić information content (AvgIpc) is 3.17. The molecule has 0 aliphatic rings. The van der Waals surface area contributed by atoms with Crippen LogP contribution in [0, 0.1) is 0 Å². The maximum Gasteiger partial charge on any atom is 0.379 e. The normalized spacial score (nSPS) is 11.8. The average molecular weight is 391 g/mol.